The van der Waals surface area contributed by atoms with Crippen molar-refractivity contribution in [1.29, 1.82) is 0 Å². The van der Waals surface area contributed by atoms with Crippen LogP contribution in [0.1, 0.15) is 20.8 Å². The molecule has 0 aliphatic rings. The van der Waals surface area contributed by atoms with E-state index in [1.165, 1.54) is 20.8 Å². The van der Waals surface area contributed by atoms with Crippen LogP contribution >= 0.6 is 0 Å². The van der Waals surface area contributed by atoms with Crippen LogP contribution in [-0.4, -0.2) is 47.0 Å². The van der Waals surface area contributed by atoms with Gasteiger partial charge < -0.3 is 10.0 Å². The molecule has 0 heterocycles. The van der Waals surface area contributed by atoms with Gasteiger partial charge in [0.05, 0.1) is 0 Å². The molecule has 0 aromatic rings. The summed E-state index contributed by atoms with van der Waals surface area (Å²) in [7, 11) is 0. The van der Waals surface area contributed by atoms with E-state index in [0.717, 1.165) is 6.08 Å². The minimum atomic E-state index is -5.48. The number of aliphatic hydroxyl groups excluding tert-OH is 1. The Morgan fingerprint density at radius 3 is 2.00 bits per heavy atom. The highest BCUT2D eigenvalue weighted by Gasteiger charge is 2.66. The molecule has 7 heteroatoms. The van der Waals surface area contributed by atoms with E-state index in [0.29, 0.717) is 11.0 Å². The fraction of sp³-hybridized carbons (Fsp3) is 0.727. The SMILES string of the molecule is C/C=C/[C@@H](O)[C@@](F)(C(=O)N(CC)CC)C(F)(F)F. The molecule has 0 rings (SSSR count). The lowest BCUT2D eigenvalue weighted by Gasteiger charge is -2.33. The lowest BCUT2D eigenvalue weighted by Crippen LogP contribution is -2.61. The summed E-state index contributed by atoms with van der Waals surface area (Å²) < 4.78 is 52.3. The predicted molar refractivity (Wildman–Crippen MR) is 58.6 cm³/mol. The summed E-state index contributed by atoms with van der Waals surface area (Å²) in [5.74, 6) is -1.77. The number of halogens is 4. The number of amides is 1. The zero-order valence-corrected chi connectivity index (χ0v) is 10.5. The van der Waals surface area contributed by atoms with Gasteiger partial charge in [-0.25, -0.2) is 4.39 Å². The monoisotopic (exact) mass is 271 g/mol. The molecular formula is C11H17F4NO2. The maximum absolute atomic E-state index is 14.1. The molecule has 1 N–H and O–H groups in total. The van der Waals surface area contributed by atoms with Gasteiger partial charge in [-0.05, 0) is 20.8 Å². The summed E-state index contributed by atoms with van der Waals surface area (Å²) in [4.78, 5) is 12.3. The first-order chi connectivity index (χ1) is 8.16. The first-order valence-electron chi connectivity index (χ1n) is 5.52. The molecule has 0 aromatic heterocycles. The zero-order chi connectivity index (χ0) is 14.6. The van der Waals surface area contributed by atoms with Crippen molar-refractivity contribution in [2.45, 2.75) is 38.7 Å². The maximum atomic E-state index is 14.1. The highest BCUT2D eigenvalue weighted by molar-refractivity contribution is 5.87. The average molecular weight is 271 g/mol. The van der Waals surface area contributed by atoms with E-state index in [-0.39, 0.29) is 13.1 Å². The van der Waals surface area contributed by atoms with Crippen molar-refractivity contribution in [3.63, 3.8) is 0 Å². The van der Waals surface area contributed by atoms with Crippen molar-refractivity contribution in [3.8, 4) is 0 Å². The fourth-order valence-corrected chi connectivity index (χ4v) is 1.47. The molecule has 1 amide bonds. The lowest BCUT2D eigenvalue weighted by atomic mass is 9.95. The fourth-order valence-electron chi connectivity index (χ4n) is 1.47. The van der Waals surface area contributed by atoms with Gasteiger partial charge in [-0.2, -0.15) is 13.2 Å². The molecule has 0 aromatic carbocycles. The molecule has 0 fully saturated rings. The predicted octanol–water partition coefficient (Wildman–Crippen LogP) is 2.06. The number of allylic oxidation sites excluding steroid dienone is 1. The Morgan fingerprint density at radius 2 is 1.72 bits per heavy atom. The highest BCUT2D eigenvalue weighted by Crippen LogP contribution is 2.39. The van der Waals surface area contributed by atoms with Crippen LogP contribution in [0.5, 0.6) is 0 Å². The third-order valence-corrected chi connectivity index (χ3v) is 2.56. The molecule has 0 aliphatic heterocycles. The van der Waals surface area contributed by atoms with E-state index < -0.39 is 23.9 Å². The van der Waals surface area contributed by atoms with Crippen LogP contribution in [0.2, 0.25) is 0 Å². The molecule has 18 heavy (non-hydrogen) atoms. The topological polar surface area (TPSA) is 40.5 Å². The van der Waals surface area contributed by atoms with Gasteiger partial charge in [-0.1, -0.05) is 12.2 Å². The Hall–Kier alpha value is -1.11. The van der Waals surface area contributed by atoms with Crippen LogP contribution in [0.25, 0.3) is 0 Å². The number of nitrogens with zero attached hydrogens (tertiary/aromatic N) is 1. The van der Waals surface area contributed by atoms with Crippen molar-refractivity contribution >= 4 is 5.91 Å². The Morgan fingerprint density at radius 1 is 1.28 bits per heavy atom. The Balaban J connectivity index is 5.56. The number of hydrogen-bond acceptors (Lipinski definition) is 2. The van der Waals surface area contributed by atoms with Gasteiger partial charge in [0.25, 0.3) is 5.91 Å². The van der Waals surface area contributed by atoms with E-state index in [9.17, 15) is 27.5 Å². The molecule has 0 radical (unpaired) electrons. The number of hydrogen-bond donors (Lipinski definition) is 1. The standard InChI is InChI=1S/C11H17F4NO2/c1-4-7-8(17)10(12,11(13,14)15)9(18)16(5-2)6-3/h4,7-8,17H,5-6H2,1-3H3/b7-4+/t8-,10-/m1/s1. The summed E-state index contributed by atoms with van der Waals surface area (Å²) >= 11 is 0. The van der Waals surface area contributed by atoms with Crippen molar-refractivity contribution in [2.75, 3.05) is 13.1 Å². The summed E-state index contributed by atoms with van der Waals surface area (Å²) in [5, 5.41) is 9.28. The van der Waals surface area contributed by atoms with Gasteiger partial charge in [0.15, 0.2) is 0 Å². The zero-order valence-electron chi connectivity index (χ0n) is 10.5. The molecule has 0 bridgehead atoms. The van der Waals surface area contributed by atoms with Crippen LogP contribution in [0.4, 0.5) is 17.6 Å². The third-order valence-electron chi connectivity index (χ3n) is 2.56. The number of rotatable bonds is 5. The van der Waals surface area contributed by atoms with Crippen LogP contribution in [0.3, 0.4) is 0 Å². The summed E-state index contributed by atoms with van der Waals surface area (Å²) in [5.41, 5.74) is -4.31. The Labute approximate surface area is 103 Å². The minimum Gasteiger partial charge on any atom is -0.385 e. The molecule has 2 atom stereocenters. The molecule has 0 saturated heterocycles. The van der Waals surface area contributed by atoms with Crippen molar-refractivity contribution in [3.05, 3.63) is 12.2 Å². The molecule has 0 spiro atoms. The van der Waals surface area contributed by atoms with Crippen LogP contribution in [-0.2, 0) is 4.79 Å². The van der Waals surface area contributed by atoms with E-state index >= 15 is 0 Å². The van der Waals surface area contributed by atoms with E-state index in [1.807, 2.05) is 0 Å². The smallest absolute Gasteiger partial charge is 0.385 e. The molecule has 3 nitrogen and oxygen atoms in total. The van der Waals surface area contributed by atoms with Gasteiger partial charge in [-0.3, -0.25) is 4.79 Å². The normalized spacial score (nSPS) is 17.6. The summed E-state index contributed by atoms with van der Waals surface area (Å²) in [6, 6.07) is 0. The van der Waals surface area contributed by atoms with Gasteiger partial charge in [0.2, 0.25) is 0 Å². The highest BCUT2D eigenvalue weighted by atomic mass is 19.4. The number of carbonyl (C=O) groups excluding carboxylic acids is 1. The van der Waals surface area contributed by atoms with Gasteiger partial charge >= 0.3 is 11.8 Å². The molecular weight excluding hydrogens is 254 g/mol. The lowest BCUT2D eigenvalue weighted by molar-refractivity contribution is -0.250. The van der Waals surface area contributed by atoms with Gasteiger partial charge in [-0.15, -0.1) is 0 Å². The second-order valence-electron chi connectivity index (χ2n) is 3.66. The number of alkyl halides is 4. The van der Waals surface area contributed by atoms with Gasteiger partial charge in [0.1, 0.15) is 6.10 Å². The van der Waals surface area contributed by atoms with E-state index in [1.54, 1.807) is 0 Å². The van der Waals surface area contributed by atoms with Gasteiger partial charge in [0, 0.05) is 13.1 Å². The second-order valence-corrected chi connectivity index (χ2v) is 3.66. The molecule has 0 aliphatic carbocycles. The summed E-state index contributed by atoms with van der Waals surface area (Å²) in [6.45, 7) is 4.04. The Kier molecular flexibility index (Phi) is 5.79. The number of aliphatic hydroxyl groups is 1. The summed E-state index contributed by atoms with van der Waals surface area (Å²) in [6.07, 6.45) is -6.38. The number of carbonyl (C=O) groups is 1. The first kappa shape index (κ1) is 16.9. The van der Waals surface area contributed by atoms with Crippen LogP contribution in [0.15, 0.2) is 12.2 Å². The minimum absolute atomic E-state index is 0.0698. The van der Waals surface area contributed by atoms with Crippen LogP contribution in [0, 0.1) is 0 Å². The van der Waals surface area contributed by atoms with Crippen molar-refractivity contribution in [2.24, 2.45) is 0 Å². The quantitative estimate of drug-likeness (QED) is 0.614. The second kappa shape index (κ2) is 6.17. The molecule has 106 valence electrons. The molecule has 0 unspecified atom stereocenters. The first-order valence-corrected chi connectivity index (χ1v) is 5.52. The van der Waals surface area contributed by atoms with E-state index in [4.69, 9.17) is 0 Å². The Bertz CT molecular complexity index is 313. The van der Waals surface area contributed by atoms with Crippen molar-refractivity contribution in [1.82, 2.24) is 4.90 Å². The van der Waals surface area contributed by atoms with E-state index in [2.05, 4.69) is 0 Å². The van der Waals surface area contributed by atoms with Crippen LogP contribution < -0.4 is 0 Å². The van der Waals surface area contributed by atoms with Crippen molar-refractivity contribution < 1.29 is 27.5 Å². The average Bonchev–Trinajstić information content (AvgIpc) is 2.28. The third kappa shape index (κ3) is 3.01. The maximum Gasteiger partial charge on any atom is 0.434 e. The largest absolute Gasteiger partial charge is 0.434 e. The molecule has 0 saturated carbocycles.